The molecule has 4 nitrogen and oxygen atoms in total. The van der Waals surface area contributed by atoms with Gasteiger partial charge in [0.15, 0.2) is 0 Å². The highest BCUT2D eigenvalue weighted by atomic mass is 16.2. The van der Waals surface area contributed by atoms with Gasteiger partial charge in [-0.05, 0) is 58.2 Å². The van der Waals surface area contributed by atoms with Gasteiger partial charge >= 0.3 is 0 Å². The number of nitrogens with one attached hydrogen (secondary N) is 1. The Labute approximate surface area is 116 Å². The first-order valence-corrected chi connectivity index (χ1v) is 8.08. The Morgan fingerprint density at radius 2 is 1.84 bits per heavy atom. The van der Waals surface area contributed by atoms with Crippen LogP contribution in [0.3, 0.4) is 0 Å². The van der Waals surface area contributed by atoms with E-state index >= 15 is 0 Å². The average molecular weight is 265 g/mol. The van der Waals surface area contributed by atoms with E-state index < -0.39 is 0 Å². The van der Waals surface area contributed by atoms with Crippen LogP contribution in [0.25, 0.3) is 0 Å². The SMILES string of the molecule is O=C([C@@H]1CCCNC1)N1CCCC(N2CCCC2)C1. The lowest BCUT2D eigenvalue weighted by Crippen LogP contribution is -2.52. The number of hydrogen-bond donors (Lipinski definition) is 1. The molecular weight excluding hydrogens is 238 g/mol. The Morgan fingerprint density at radius 1 is 1.00 bits per heavy atom. The van der Waals surface area contributed by atoms with E-state index in [4.69, 9.17) is 0 Å². The largest absolute Gasteiger partial charge is 0.341 e. The fourth-order valence-electron chi connectivity index (χ4n) is 3.88. The summed E-state index contributed by atoms with van der Waals surface area (Å²) in [6, 6.07) is 0.636. The van der Waals surface area contributed by atoms with Gasteiger partial charge in [0.2, 0.25) is 5.91 Å². The fraction of sp³-hybridized carbons (Fsp3) is 0.933. The van der Waals surface area contributed by atoms with E-state index in [1.54, 1.807) is 0 Å². The number of hydrogen-bond acceptors (Lipinski definition) is 3. The Morgan fingerprint density at radius 3 is 2.58 bits per heavy atom. The summed E-state index contributed by atoms with van der Waals surface area (Å²) in [5.41, 5.74) is 0. The Hall–Kier alpha value is -0.610. The van der Waals surface area contributed by atoms with Gasteiger partial charge in [0.05, 0.1) is 5.92 Å². The number of rotatable bonds is 2. The van der Waals surface area contributed by atoms with Crippen molar-refractivity contribution in [3.05, 3.63) is 0 Å². The molecule has 0 radical (unpaired) electrons. The summed E-state index contributed by atoms with van der Waals surface area (Å²) < 4.78 is 0. The average Bonchev–Trinajstić information content (AvgIpc) is 3.02. The zero-order valence-electron chi connectivity index (χ0n) is 11.9. The van der Waals surface area contributed by atoms with Crippen molar-refractivity contribution in [2.45, 2.75) is 44.6 Å². The first kappa shape index (κ1) is 13.4. The van der Waals surface area contributed by atoms with Gasteiger partial charge in [0.25, 0.3) is 0 Å². The maximum Gasteiger partial charge on any atom is 0.227 e. The zero-order valence-corrected chi connectivity index (χ0v) is 11.9. The van der Waals surface area contributed by atoms with E-state index in [1.165, 1.54) is 38.8 Å². The Balaban J connectivity index is 1.56. The monoisotopic (exact) mass is 265 g/mol. The molecular formula is C15H27N3O. The predicted molar refractivity (Wildman–Crippen MR) is 76.0 cm³/mol. The lowest BCUT2D eigenvalue weighted by molar-refractivity contribution is -0.138. The summed E-state index contributed by atoms with van der Waals surface area (Å²) in [7, 11) is 0. The number of nitrogens with zero attached hydrogens (tertiary/aromatic N) is 2. The van der Waals surface area contributed by atoms with Crippen LogP contribution in [0.2, 0.25) is 0 Å². The number of amides is 1. The molecule has 0 aromatic heterocycles. The first-order valence-electron chi connectivity index (χ1n) is 8.08. The third-order valence-electron chi connectivity index (χ3n) is 5.01. The molecule has 3 heterocycles. The minimum Gasteiger partial charge on any atom is -0.341 e. The van der Waals surface area contributed by atoms with E-state index in [0.717, 1.165) is 39.0 Å². The minimum atomic E-state index is 0.242. The van der Waals surface area contributed by atoms with E-state index in [1.807, 2.05) is 0 Å². The molecule has 4 heteroatoms. The van der Waals surface area contributed by atoms with Gasteiger partial charge in [0, 0.05) is 25.7 Å². The molecule has 3 fully saturated rings. The van der Waals surface area contributed by atoms with Crippen LogP contribution in [0, 0.1) is 5.92 Å². The second-order valence-corrected chi connectivity index (χ2v) is 6.37. The van der Waals surface area contributed by atoms with Gasteiger partial charge in [0.1, 0.15) is 0 Å². The van der Waals surface area contributed by atoms with Crippen LogP contribution in [0.4, 0.5) is 0 Å². The molecule has 19 heavy (non-hydrogen) atoms. The lowest BCUT2D eigenvalue weighted by Gasteiger charge is -2.39. The van der Waals surface area contributed by atoms with E-state index in [0.29, 0.717) is 11.9 Å². The molecule has 3 aliphatic heterocycles. The molecule has 1 unspecified atom stereocenters. The molecule has 0 aromatic carbocycles. The summed E-state index contributed by atoms with van der Waals surface area (Å²) >= 11 is 0. The van der Waals surface area contributed by atoms with Crippen molar-refractivity contribution in [3.8, 4) is 0 Å². The molecule has 1 N–H and O–H groups in total. The third kappa shape index (κ3) is 3.11. The zero-order chi connectivity index (χ0) is 13.1. The molecule has 0 aromatic rings. The summed E-state index contributed by atoms with van der Waals surface area (Å²) in [5.74, 6) is 0.655. The fourth-order valence-corrected chi connectivity index (χ4v) is 3.88. The summed E-state index contributed by atoms with van der Waals surface area (Å²) in [5, 5.41) is 3.36. The summed E-state index contributed by atoms with van der Waals surface area (Å²) in [4.78, 5) is 17.3. The molecule has 3 saturated heterocycles. The van der Waals surface area contributed by atoms with Crippen LogP contribution in [0.1, 0.15) is 38.5 Å². The quantitative estimate of drug-likeness (QED) is 0.811. The molecule has 3 aliphatic rings. The Bertz CT molecular complexity index is 309. The van der Waals surface area contributed by atoms with Crippen molar-refractivity contribution < 1.29 is 4.79 Å². The van der Waals surface area contributed by atoms with Crippen LogP contribution in [-0.2, 0) is 4.79 Å². The summed E-state index contributed by atoms with van der Waals surface area (Å²) in [6.07, 6.45) is 7.39. The number of carbonyl (C=O) groups is 1. The second-order valence-electron chi connectivity index (χ2n) is 6.37. The van der Waals surface area contributed by atoms with Gasteiger partial charge in [-0.15, -0.1) is 0 Å². The first-order chi connectivity index (χ1) is 9.34. The number of carbonyl (C=O) groups excluding carboxylic acids is 1. The molecule has 0 bridgehead atoms. The van der Waals surface area contributed by atoms with Crippen LogP contribution in [-0.4, -0.2) is 61.0 Å². The standard InChI is InChI=1S/C15H27N3O/c19-15(13-5-3-7-16-11-13)18-10-4-6-14(12-18)17-8-1-2-9-17/h13-14,16H,1-12H2/t13-,14?/m1/s1. The van der Waals surface area contributed by atoms with E-state index in [2.05, 4.69) is 15.1 Å². The number of likely N-dealkylation sites (tertiary alicyclic amines) is 2. The second kappa shape index (κ2) is 6.23. The lowest BCUT2D eigenvalue weighted by atomic mass is 9.96. The van der Waals surface area contributed by atoms with Crippen molar-refractivity contribution in [2.24, 2.45) is 5.92 Å². The van der Waals surface area contributed by atoms with Gasteiger partial charge in [-0.1, -0.05) is 0 Å². The maximum atomic E-state index is 12.6. The van der Waals surface area contributed by atoms with Crippen LogP contribution in [0.5, 0.6) is 0 Å². The van der Waals surface area contributed by atoms with E-state index in [-0.39, 0.29) is 5.92 Å². The smallest absolute Gasteiger partial charge is 0.227 e. The van der Waals surface area contributed by atoms with E-state index in [9.17, 15) is 4.79 Å². The normalized spacial score (nSPS) is 33.6. The van der Waals surface area contributed by atoms with Crippen molar-refractivity contribution >= 4 is 5.91 Å². The van der Waals surface area contributed by atoms with Crippen molar-refractivity contribution in [3.63, 3.8) is 0 Å². The Kier molecular flexibility index (Phi) is 4.38. The molecule has 1 amide bonds. The minimum absolute atomic E-state index is 0.242. The topological polar surface area (TPSA) is 35.6 Å². The van der Waals surface area contributed by atoms with Gasteiger partial charge < -0.3 is 10.2 Å². The molecule has 0 spiro atoms. The molecule has 0 aliphatic carbocycles. The molecule has 108 valence electrons. The molecule has 3 rings (SSSR count). The highest BCUT2D eigenvalue weighted by molar-refractivity contribution is 5.79. The highest BCUT2D eigenvalue weighted by Gasteiger charge is 2.32. The van der Waals surface area contributed by atoms with Crippen molar-refractivity contribution in [1.82, 2.24) is 15.1 Å². The maximum absolute atomic E-state index is 12.6. The van der Waals surface area contributed by atoms with Crippen LogP contribution >= 0.6 is 0 Å². The van der Waals surface area contributed by atoms with Gasteiger partial charge in [-0.2, -0.15) is 0 Å². The van der Waals surface area contributed by atoms with Crippen molar-refractivity contribution in [1.29, 1.82) is 0 Å². The van der Waals surface area contributed by atoms with Gasteiger partial charge in [-0.3, -0.25) is 9.69 Å². The highest BCUT2D eigenvalue weighted by Crippen LogP contribution is 2.22. The van der Waals surface area contributed by atoms with Crippen molar-refractivity contribution in [2.75, 3.05) is 39.3 Å². The molecule has 0 saturated carbocycles. The number of piperidine rings is 2. The third-order valence-corrected chi connectivity index (χ3v) is 5.01. The predicted octanol–water partition coefficient (Wildman–Crippen LogP) is 1.07. The summed E-state index contributed by atoms with van der Waals surface area (Å²) in [6.45, 7) is 6.44. The van der Waals surface area contributed by atoms with Crippen LogP contribution in [0.15, 0.2) is 0 Å². The van der Waals surface area contributed by atoms with Gasteiger partial charge in [-0.25, -0.2) is 0 Å². The molecule has 2 atom stereocenters. The van der Waals surface area contributed by atoms with Crippen LogP contribution < -0.4 is 5.32 Å².